The highest BCUT2D eigenvalue weighted by molar-refractivity contribution is 8.01. The number of nitrogens with one attached hydrogen (secondary N) is 1. The van der Waals surface area contributed by atoms with Gasteiger partial charge in [-0.25, -0.2) is 9.37 Å². The summed E-state index contributed by atoms with van der Waals surface area (Å²) in [6, 6.07) is 13.6. The van der Waals surface area contributed by atoms with Gasteiger partial charge >= 0.3 is 0 Å². The van der Waals surface area contributed by atoms with Crippen molar-refractivity contribution >= 4 is 50.8 Å². The van der Waals surface area contributed by atoms with Crippen LogP contribution in [0.1, 0.15) is 0 Å². The van der Waals surface area contributed by atoms with Gasteiger partial charge in [0.05, 0.1) is 22.5 Å². The summed E-state index contributed by atoms with van der Waals surface area (Å²) < 4.78 is 15.0. The van der Waals surface area contributed by atoms with Crippen LogP contribution in [0.2, 0.25) is 0 Å². The predicted octanol–water partition coefficient (Wildman–Crippen LogP) is 3.31. The molecule has 2 aromatic carbocycles. The Morgan fingerprint density at radius 1 is 1.07 bits per heavy atom. The molecule has 30 heavy (non-hydrogen) atoms. The largest absolute Gasteiger partial charge is 0.339 e. The Kier molecular flexibility index (Phi) is 6.61. The summed E-state index contributed by atoms with van der Waals surface area (Å²) in [7, 11) is 0. The highest BCUT2D eigenvalue weighted by Crippen LogP contribution is 2.29. The lowest BCUT2D eigenvalue weighted by Crippen LogP contribution is -2.50. The molecule has 4 rings (SSSR count). The molecule has 0 aliphatic carbocycles. The van der Waals surface area contributed by atoms with Crippen LogP contribution in [-0.2, 0) is 9.59 Å². The van der Waals surface area contributed by atoms with Gasteiger partial charge in [-0.2, -0.15) is 0 Å². The molecule has 1 fully saturated rings. The van der Waals surface area contributed by atoms with Crippen LogP contribution in [0.3, 0.4) is 0 Å². The Morgan fingerprint density at radius 2 is 1.80 bits per heavy atom. The highest BCUT2D eigenvalue weighted by atomic mass is 32.2. The molecule has 1 aliphatic rings. The normalized spacial score (nSPS) is 14.8. The summed E-state index contributed by atoms with van der Waals surface area (Å²) in [6.45, 7) is 2.74. The molecule has 2 heterocycles. The highest BCUT2D eigenvalue weighted by Gasteiger charge is 2.22. The number of piperazine rings is 1. The summed E-state index contributed by atoms with van der Waals surface area (Å²) >= 11 is 3.08. The number of aromatic nitrogens is 1. The summed E-state index contributed by atoms with van der Waals surface area (Å²) in [6.07, 6.45) is 0. The smallest absolute Gasteiger partial charge is 0.238 e. The molecule has 9 heteroatoms. The topological polar surface area (TPSA) is 65.5 Å². The number of thioether (sulfide) groups is 1. The average Bonchev–Trinajstić information content (AvgIpc) is 3.17. The first kappa shape index (κ1) is 20.8. The van der Waals surface area contributed by atoms with E-state index in [-0.39, 0.29) is 24.2 Å². The molecule has 0 spiro atoms. The maximum atomic E-state index is 12.9. The van der Waals surface area contributed by atoms with E-state index in [2.05, 4.69) is 10.3 Å². The molecule has 1 saturated heterocycles. The lowest BCUT2D eigenvalue weighted by Gasteiger charge is -2.34. The van der Waals surface area contributed by atoms with Gasteiger partial charge in [-0.3, -0.25) is 14.5 Å². The Labute approximate surface area is 182 Å². The Hall–Kier alpha value is -2.49. The van der Waals surface area contributed by atoms with Crippen LogP contribution in [0.15, 0.2) is 52.9 Å². The second-order valence-corrected chi connectivity index (χ2v) is 9.20. The summed E-state index contributed by atoms with van der Waals surface area (Å²) in [5, 5.41) is 2.76. The molecule has 0 saturated carbocycles. The quantitative estimate of drug-likeness (QED) is 0.591. The van der Waals surface area contributed by atoms with E-state index in [1.165, 1.54) is 36.0 Å². The minimum absolute atomic E-state index is 0.0923. The molecule has 1 aromatic heterocycles. The number of carbonyl (C=O) groups excluding carboxylic acids is 2. The van der Waals surface area contributed by atoms with E-state index < -0.39 is 0 Å². The summed E-state index contributed by atoms with van der Waals surface area (Å²) in [4.78, 5) is 33.1. The van der Waals surface area contributed by atoms with Crippen LogP contribution in [0.25, 0.3) is 10.2 Å². The van der Waals surface area contributed by atoms with Gasteiger partial charge in [0.2, 0.25) is 11.8 Å². The van der Waals surface area contributed by atoms with Crippen molar-refractivity contribution in [3.05, 3.63) is 54.3 Å². The number of rotatable bonds is 6. The number of para-hydroxylation sites is 1. The van der Waals surface area contributed by atoms with Crippen LogP contribution in [-0.4, -0.2) is 65.1 Å². The van der Waals surface area contributed by atoms with Crippen molar-refractivity contribution < 1.29 is 14.0 Å². The molecule has 0 atom stereocenters. The Balaban J connectivity index is 1.20. The maximum absolute atomic E-state index is 12.9. The fourth-order valence-electron chi connectivity index (χ4n) is 3.22. The third kappa shape index (κ3) is 5.35. The van der Waals surface area contributed by atoms with Crippen molar-refractivity contribution in [2.45, 2.75) is 4.34 Å². The monoisotopic (exact) mass is 444 g/mol. The summed E-state index contributed by atoms with van der Waals surface area (Å²) in [5.41, 5.74) is 1.53. The van der Waals surface area contributed by atoms with Crippen LogP contribution < -0.4 is 5.32 Å². The molecule has 1 N–H and O–H groups in total. The van der Waals surface area contributed by atoms with Crippen molar-refractivity contribution in [3.8, 4) is 0 Å². The third-order valence-corrected chi connectivity index (χ3v) is 6.98. The number of amides is 2. The SMILES string of the molecule is O=C(CN1CCN(C(=O)CSc2nc3ccccc3s2)CC1)Nc1ccc(F)cc1. The van der Waals surface area contributed by atoms with Crippen molar-refractivity contribution in [1.29, 1.82) is 0 Å². The molecular formula is C21H21FN4O2S2. The summed E-state index contributed by atoms with van der Waals surface area (Å²) in [5.74, 6) is -0.0252. The number of nitrogens with zero attached hydrogens (tertiary/aromatic N) is 3. The van der Waals surface area contributed by atoms with E-state index in [9.17, 15) is 14.0 Å². The number of carbonyl (C=O) groups is 2. The van der Waals surface area contributed by atoms with Gasteiger partial charge < -0.3 is 10.2 Å². The molecule has 0 bridgehead atoms. The second kappa shape index (κ2) is 9.55. The van der Waals surface area contributed by atoms with Crippen LogP contribution >= 0.6 is 23.1 Å². The van der Waals surface area contributed by atoms with Crippen molar-refractivity contribution in [3.63, 3.8) is 0 Å². The van der Waals surface area contributed by atoms with Gasteiger partial charge in [0.15, 0.2) is 4.34 Å². The lowest BCUT2D eigenvalue weighted by atomic mass is 10.3. The number of halogens is 1. The standard InChI is InChI=1S/C21H21FN4O2S2/c22-15-5-7-16(8-6-15)23-19(27)13-25-9-11-26(12-10-25)20(28)14-29-21-24-17-3-1-2-4-18(17)30-21/h1-8H,9-14H2,(H,23,27). The molecule has 3 aromatic rings. The number of anilines is 1. The first-order valence-electron chi connectivity index (χ1n) is 9.61. The van der Waals surface area contributed by atoms with E-state index in [0.29, 0.717) is 37.6 Å². The van der Waals surface area contributed by atoms with E-state index in [4.69, 9.17) is 0 Å². The van der Waals surface area contributed by atoms with E-state index in [1.54, 1.807) is 11.3 Å². The number of benzene rings is 2. The zero-order chi connectivity index (χ0) is 20.9. The van der Waals surface area contributed by atoms with Gasteiger partial charge in [0, 0.05) is 31.9 Å². The fraction of sp³-hybridized carbons (Fsp3) is 0.286. The second-order valence-electron chi connectivity index (χ2n) is 6.95. The maximum Gasteiger partial charge on any atom is 0.238 e. The van der Waals surface area contributed by atoms with E-state index >= 15 is 0 Å². The minimum Gasteiger partial charge on any atom is -0.339 e. The number of fused-ring (bicyclic) bond motifs is 1. The molecule has 0 radical (unpaired) electrons. The van der Waals surface area contributed by atoms with E-state index in [1.807, 2.05) is 34.1 Å². The van der Waals surface area contributed by atoms with Crippen LogP contribution in [0.5, 0.6) is 0 Å². The van der Waals surface area contributed by atoms with Crippen molar-refractivity contribution in [1.82, 2.24) is 14.8 Å². The fourth-order valence-corrected chi connectivity index (χ4v) is 5.19. The average molecular weight is 445 g/mol. The van der Waals surface area contributed by atoms with Crippen LogP contribution in [0, 0.1) is 5.82 Å². The molecule has 1 aliphatic heterocycles. The van der Waals surface area contributed by atoms with Gasteiger partial charge in [-0.1, -0.05) is 23.9 Å². The predicted molar refractivity (Wildman–Crippen MR) is 118 cm³/mol. The molecular weight excluding hydrogens is 423 g/mol. The Bertz CT molecular complexity index is 1000. The number of thiazole rings is 1. The first-order chi connectivity index (χ1) is 14.6. The Morgan fingerprint density at radius 3 is 2.53 bits per heavy atom. The van der Waals surface area contributed by atoms with E-state index in [0.717, 1.165) is 14.6 Å². The number of hydrogen-bond donors (Lipinski definition) is 1. The van der Waals surface area contributed by atoms with Gasteiger partial charge in [-0.05, 0) is 36.4 Å². The molecule has 6 nitrogen and oxygen atoms in total. The van der Waals surface area contributed by atoms with Crippen molar-refractivity contribution in [2.24, 2.45) is 0 Å². The zero-order valence-electron chi connectivity index (χ0n) is 16.2. The number of hydrogen-bond acceptors (Lipinski definition) is 6. The third-order valence-electron chi connectivity index (χ3n) is 4.81. The van der Waals surface area contributed by atoms with Crippen LogP contribution in [0.4, 0.5) is 10.1 Å². The molecule has 156 valence electrons. The first-order valence-corrected chi connectivity index (χ1v) is 11.4. The van der Waals surface area contributed by atoms with Crippen molar-refractivity contribution in [2.75, 3.05) is 43.8 Å². The molecule has 0 unspecified atom stereocenters. The van der Waals surface area contributed by atoms with Gasteiger partial charge in [0.1, 0.15) is 5.82 Å². The molecule has 2 amide bonds. The van der Waals surface area contributed by atoms with Gasteiger partial charge in [-0.15, -0.1) is 11.3 Å². The van der Waals surface area contributed by atoms with Gasteiger partial charge in [0.25, 0.3) is 0 Å². The lowest BCUT2D eigenvalue weighted by molar-refractivity contribution is -0.130. The zero-order valence-corrected chi connectivity index (χ0v) is 17.8. The minimum atomic E-state index is -0.338.